The maximum absolute atomic E-state index is 9.34. The lowest BCUT2D eigenvalue weighted by Gasteiger charge is -2.34. The highest BCUT2D eigenvalue weighted by Gasteiger charge is 2.33. The van der Waals surface area contributed by atoms with E-state index in [4.69, 9.17) is 0 Å². The fourth-order valence-electron chi connectivity index (χ4n) is 4.71. The molecule has 0 amide bonds. The van der Waals surface area contributed by atoms with Gasteiger partial charge in [-0.25, -0.2) is 0 Å². The summed E-state index contributed by atoms with van der Waals surface area (Å²) in [6.45, 7) is 4.45. The van der Waals surface area contributed by atoms with Gasteiger partial charge >= 0.3 is 0 Å². The molecule has 1 aromatic heterocycles. The molecule has 0 saturated carbocycles. The molecule has 4 heteroatoms. The lowest BCUT2D eigenvalue weighted by atomic mass is 9.77. The Kier molecular flexibility index (Phi) is 4.76. The van der Waals surface area contributed by atoms with Gasteiger partial charge in [-0.1, -0.05) is 74.1 Å². The summed E-state index contributed by atoms with van der Waals surface area (Å²) in [6.07, 6.45) is 0. The van der Waals surface area contributed by atoms with Crippen molar-refractivity contribution < 1.29 is 0 Å². The van der Waals surface area contributed by atoms with Crippen molar-refractivity contribution in [2.75, 3.05) is 0 Å². The van der Waals surface area contributed by atoms with Crippen LogP contribution in [0.2, 0.25) is 0 Å². The molecule has 6 rings (SSSR count). The van der Waals surface area contributed by atoms with Gasteiger partial charge in [0.1, 0.15) is 0 Å². The molecule has 0 saturated heterocycles. The van der Waals surface area contributed by atoms with Crippen molar-refractivity contribution in [2.45, 2.75) is 29.1 Å². The van der Waals surface area contributed by atoms with Crippen molar-refractivity contribution in [1.82, 2.24) is 10.2 Å². The number of fused-ring (bicyclic) bond motifs is 3. The smallest absolute Gasteiger partial charge is 0.0991 e. The van der Waals surface area contributed by atoms with Crippen LogP contribution in [-0.2, 0) is 5.41 Å². The second-order valence-electron chi connectivity index (χ2n) is 9.13. The molecule has 0 radical (unpaired) electrons. The first kappa shape index (κ1) is 20.7. The maximum Gasteiger partial charge on any atom is 0.0991 e. The predicted octanol–water partition coefficient (Wildman–Crippen LogP) is 7.63. The fourth-order valence-corrected chi connectivity index (χ4v) is 6.13. The van der Waals surface area contributed by atoms with Crippen molar-refractivity contribution in [3.05, 3.63) is 108 Å². The van der Waals surface area contributed by atoms with Crippen molar-refractivity contribution in [2.24, 2.45) is 0 Å². The quantitative estimate of drug-likeness (QED) is 0.275. The minimum Gasteiger partial charge on any atom is -0.192 e. The second kappa shape index (κ2) is 7.83. The fraction of sp³-hybridized carbons (Fsp3) is 0.100. The van der Waals surface area contributed by atoms with E-state index in [2.05, 4.69) is 96.8 Å². The van der Waals surface area contributed by atoms with Crippen molar-refractivity contribution >= 4 is 22.5 Å². The number of benzene rings is 4. The van der Waals surface area contributed by atoms with Crippen molar-refractivity contribution in [3.8, 4) is 28.6 Å². The van der Waals surface area contributed by atoms with Gasteiger partial charge in [0.05, 0.1) is 23.0 Å². The summed E-state index contributed by atoms with van der Waals surface area (Å²) in [4.78, 5) is 2.42. The molecule has 0 bridgehead atoms. The zero-order valence-electron chi connectivity index (χ0n) is 18.9. The molecule has 0 atom stereocenters. The Morgan fingerprint density at radius 1 is 0.676 bits per heavy atom. The summed E-state index contributed by atoms with van der Waals surface area (Å²) in [7, 11) is 0. The summed E-state index contributed by atoms with van der Waals surface area (Å²) < 4.78 is 0. The third kappa shape index (κ3) is 3.37. The van der Waals surface area contributed by atoms with Crippen LogP contribution in [-0.4, -0.2) is 10.2 Å². The van der Waals surface area contributed by atoms with E-state index in [0.717, 1.165) is 22.5 Å². The monoisotopic (exact) mass is 455 g/mol. The molecular weight excluding hydrogens is 434 g/mol. The first-order valence-electron chi connectivity index (χ1n) is 11.2. The molecule has 0 unspecified atom stereocenters. The number of rotatable bonds is 2. The molecule has 5 aromatic rings. The van der Waals surface area contributed by atoms with Crippen LogP contribution in [0.25, 0.3) is 33.3 Å². The van der Waals surface area contributed by atoms with E-state index in [0.29, 0.717) is 5.56 Å². The average Bonchev–Trinajstić information content (AvgIpc) is 2.88. The van der Waals surface area contributed by atoms with Gasteiger partial charge in [-0.2, -0.15) is 5.26 Å². The third-order valence-electron chi connectivity index (χ3n) is 6.66. The van der Waals surface area contributed by atoms with Crippen LogP contribution in [0, 0.1) is 11.3 Å². The van der Waals surface area contributed by atoms with Crippen LogP contribution in [0.5, 0.6) is 0 Å². The Balaban J connectivity index is 1.34. The first-order valence-corrected chi connectivity index (χ1v) is 12.0. The van der Waals surface area contributed by atoms with E-state index in [1.807, 2.05) is 24.3 Å². The molecule has 0 aliphatic carbocycles. The predicted molar refractivity (Wildman–Crippen MR) is 138 cm³/mol. The largest absolute Gasteiger partial charge is 0.192 e. The minimum atomic E-state index is -0.174. The topological polar surface area (TPSA) is 49.6 Å². The highest BCUT2D eigenvalue weighted by Crippen LogP contribution is 2.50. The summed E-state index contributed by atoms with van der Waals surface area (Å²) in [5, 5.41) is 20.9. The standard InChI is InChI=1S/C30H21N3S/c1-30(2)24-11-10-23(17-29(24)34-28-14-7-19(18-31)15-25(28)30)27-13-12-26(32-33-27)22-9-8-20-5-3-4-6-21(20)16-22/h3-17H,1-2H3. The van der Waals surface area contributed by atoms with Gasteiger partial charge in [-0.15, -0.1) is 10.2 Å². The minimum absolute atomic E-state index is 0.174. The molecule has 0 spiro atoms. The van der Waals surface area contributed by atoms with Gasteiger partial charge in [-0.3, -0.25) is 0 Å². The molecule has 162 valence electrons. The van der Waals surface area contributed by atoms with E-state index >= 15 is 0 Å². The molecule has 1 aliphatic heterocycles. The van der Waals surface area contributed by atoms with Crippen LogP contribution < -0.4 is 0 Å². The van der Waals surface area contributed by atoms with Gasteiger partial charge in [0.25, 0.3) is 0 Å². The van der Waals surface area contributed by atoms with Crippen LogP contribution in [0.1, 0.15) is 30.5 Å². The lowest BCUT2D eigenvalue weighted by molar-refractivity contribution is 0.607. The Hall–Kier alpha value is -3.94. The Bertz CT molecular complexity index is 1610. The van der Waals surface area contributed by atoms with Gasteiger partial charge in [0.15, 0.2) is 0 Å². The van der Waals surface area contributed by atoms with Crippen LogP contribution in [0.4, 0.5) is 0 Å². The van der Waals surface area contributed by atoms with Crippen molar-refractivity contribution in [1.29, 1.82) is 5.26 Å². The molecule has 0 N–H and O–H groups in total. The van der Waals surface area contributed by atoms with Crippen LogP contribution in [0.3, 0.4) is 0 Å². The van der Waals surface area contributed by atoms with Crippen LogP contribution >= 0.6 is 11.8 Å². The summed E-state index contributed by atoms with van der Waals surface area (Å²) in [5.41, 5.74) is 6.84. The van der Waals surface area contributed by atoms with E-state index in [9.17, 15) is 5.26 Å². The van der Waals surface area contributed by atoms with E-state index in [1.165, 1.54) is 31.7 Å². The van der Waals surface area contributed by atoms with E-state index in [-0.39, 0.29) is 5.41 Å². The number of hydrogen-bond donors (Lipinski definition) is 0. The summed E-state index contributed by atoms with van der Waals surface area (Å²) in [6, 6.07) is 33.6. The Morgan fingerprint density at radius 2 is 1.38 bits per heavy atom. The molecule has 0 fully saturated rings. The second-order valence-corrected chi connectivity index (χ2v) is 10.2. The lowest BCUT2D eigenvalue weighted by Crippen LogP contribution is -2.23. The SMILES string of the molecule is CC1(C)c2ccc(-c3ccc(-c4ccc5ccccc5c4)nn3)cc2Sc2ccc(C#N)cc21. The zero-order valence-corrected chi connectivity index (χ0v) is 19.7. The summed E-state index contributed by atoms with van der Waals surface area (Å²) in [5.74, 6) is 0. The molecule has 4 aromatic carbocycles. The molecular formula is C30H21N3S. The average molecular weight is 456 g/mol. The van der Waals surface area contributed by atoms with Crippen LogP contribution in [0.15, 0.2) is 101 Å². The van der Waals surface area contributed by atoms with Gasteiger partial charge < -0.3 is 0 Å². The van der Waals surface area contributed by atoms with E-state index in [1.54, 1.807) is 11.8 Å². The Labute approximate surface area is 203 Å². The molecule has 3 nitrogen and oxygen atoms in total. The summed E-state index contributed by atoms with van der Waals surface area (Å²) >= 11 is 1.76. The van der Waals surface area contributed by atoms with Gasteiger partial charge in [0, 0.05) is 26.3 Å². The maximum atomic E-state index is 9.34. The molecule has 1 aliphatic rings. The van der Waals surface area contributed by atoms with Gasteiger partial charge in [-0.05, 0) is 64.4 Å². The Morgan fingerprint density at radius 3 is 2.12 bits per heavy atom. The number of nitrogens with zero attached hydrogens (tertiary/aromatic N) is 3. The number of nitriles is 1. The number of aromatic nitrogens is 2. The van der Waals surface area contributed by atoms with E-state index < -0.39 is 0 Å². The first-order chi connectivity index (χ1) is 16.5. The van der Waals surface area contributed by atoms with Gasteiger partial charge in [0.2, 0.25) is 0 Å². The highest BCUT2D eigenvalue weighted by atomic mass is 32.2. The zero-order chi connectivity index (χ0) is 23.3. The highest BCUT2D eigenvalue weighted by molar-refractivity contribution is 7.99. The molecule has 34 heavy (non-hydrogen) atoms. The van der Waals surface area contributed by atoms with Crippen molar-refractivity contribution in [3.63, 3.8) is 0 Å². The third-order valence-corrected chi connectivity index (χ3v) is 7.80. The molecule has 2 heterocycles. The number of hydrogen-bond acceptors (Lipinski definition) is 4. The normalized spacial score (nSPS) is 13.7.